The second kappa shape index (κ2) is 13.6. The number of hydrogen-bond donors (Lipinski definition) is 3. The molecule has 8 nitrogen and oxygen atoms in total. The van der Waals surface area contributed by atoms with E-state index in [1.807, 2.05) is 35.8 Å². The summed E-state index contributed by atoms with van der Waals surface area (Å²) in [6.07, 6.45) is 0.176. The van der Waals surface area contributed by atoms with Gasteiger partial charge in [-0.05, 0) is 51.5 Å². The molecule has 4 N–H and O–H groups in total. The zero-order valence-electron chi connectivity index (χ0n) is 20.9. The number of carbonyl (C=O) groups excluding carboxylic acids is 3. The second-order valence-corrected chi connectivity index (χ2v) is 9.44. The summed E-state index contributed by atoms with van der Waals surface area (Å²) in [5, 5.41) is 2.94. The lowest BCUT2D eigenvalue weighted by atomic mass is 9.85. The molecule has 0 aromatic heterocycles. The van der Waals surface area contributed by atoms with Crippen molar-refractivity contribution in [1.29, 1.82) is 0 Å². The fraction of sp³-hybridized carbons (Fsp3) is 0.640. The van der Waals surface area contributed by atoms with Crippen LogP contribution < -0.4 is 16.5 Å². The Morgan fingerprint density at radius 1 is 1.11 bits per heavy atom. The first-order valence-electron chi connectivity index (χ1n) is 12.4. The lowest BCUT2D eigenvalue weighted by molar-refractivity contribution is -0.207. The molecule has 0 bridgehead atoms. The van der Waals surface area contributed by atoms with Gasteiger partial charge in [-0.25, -0.2) is 4.79 Å². The fourth-order valence-corrected chi connectivity index (χ4v) is 4.56. The summed E-state index contributed by atoms with van der Waals surface area (Å²) < 4.78 is 37.0. The van der Waals surface area contributed by atoms with E-state index in [9.17, 15) is 27.6 Å². The lowest BCUT2D eigenvalue weighted by Crippen LogP contribution is -2.65. The molecular formula is C25H37F3N4O4. The van der Waals surface area contributed by atoms with Crippen molar-refractivity contribution in [2.75, 3.05) is 13.1 Å². The average Bonchev–Trinajstić information content (AvgIpc) is 2.84. The third-order valence-corrected chi connectivity index (χ3v) is 6.47. The lowest BCUT2D eigenvalue weighted by Gasteiger charge is -2.47. The molecule has 1 aromatic carbocycles. The minimum absolute atomic E-state index is 0.125. The van der Waals surface area contributed by atoms with Crippen LogP contribution in [0.25, 0.3) is 0 Å². The van der Waals surface area contributed by atoms with Crippen LogP contribution in [0.15, 0.2) is 30.3 Å². The molecule has 1 fully saturated rings. The predicted octanol–water partition coefficient (Wildman–Crippen LogP) is 3.00. The number of nitrogens with zero attached hydrogens (tertiary/aromatic N) is 1. The third-order valence-electron chi connectivity index (χ3n) is 6.47. The first-order valence-corrected chi connectivity index (χ1v) is 12.4. The van der Waals surface area contributed by atoms with Crippen molar-refractivity contribution in [2.45, 2.75) is 89.0 Å². The smallest absolute Gasteiger partial charge is 0.364 e. The number of alkyl halides is 3. The van der Waals surface area contributed by atoms with Crippen molar-refractivity contribution in [3.63, 3.8) is 0 Å². The Kier molecular flexibility index (Phi) is 11.2. The average molecular weight is 515 g/mol. The van der Waals surface area contributed by atoms with Crippen LogP contribution in [0.2, 0.25) is 0 Å². The molecule has 1 saturated carbocycles. The summed E-state index contributed by atoms with van der Waals surface area (Å²) in [4.78, 5) is 43.4. The molecule has 0 saturated heterocycles. The van der Waals surface area contributed by atoms with Crippen LogP contribution in [0.5, 0.6) is 0 Å². The Bertz CT molecular complexity index is 861. The van der Waals surface area contributed by atoms with E-state index in [1.165, 1.54) is 0 Å². The molecule has 0 radical (unpaired) electrons. The highest BCUT2D eigenvalue weighted by Crippen LogP contribution is 2.32. The highest BCUT2D eigenvalue weighted by atomic mass is 19.4. The monoisotopic (exact) mass is 514 g/mol. The molecule has 11 heteroatoms. The Hall–Kier alpha value is -2.66. The van der Waals surface area contributed by atoms with E-state index in [1.54, 1.807) is 18.7 Å². The number of carbonyl (C=O) groups is 3. The zero-order chi connectivity index (χ0) is 26.8. The maximum Gasteiger partial charge on any atom is 0.492 e. The Balaban J connectivity index is 2.16. The number of hydrogen-bond acceptors (Lipinski definition) is 6. The molecule has 0 unspecified atom stereocenters. The van der Waals surface area contributed by atoms with Gasteiger partial charge >= 0.3 is 12.1 Å². The SMILES string of the molecule is C[C@H](N)C(=O)N(C1CCCCC1)[C@@](C)(CCCNOC(=O)C(F)(F)F)C(=O)NCCc1ccccc1. The van der Waals surface area contributed by atoms with Crippen LogP contribution >= 0.6 is 0 Å². The summed E-state index contributed by atoms with van der Waals surface area (Å²) in [5.41, 5.74) is 7.73. The van der Waals surface area contributed by atoms with Crippen molar-refractivity contribution in [3.05, 3.63) is 35.9 Å². The summed E-state index contributed by atoms with van der Waals surface area (Å²) in [6.45, 7) is 3.47. The van der Waals surface area contributed by atoms with Crippen molar-refractivity contribution in [3.8, 4) is 0 Å². The molecule has 0 spiro atoms. The first-order chi connectivity index (χ1) is 17.0. The van der Waals surface area contributed by atoms with Gasteiger partial charge in [-0.15, -0.1) is 0 Å². The molecule has 1 aliphatic carbocycles. The van der Waals surface area contributed by atoms with Crippen molar-refractivity contribution in [2.24, 2.45) is 5.73 Å². The van der Waals surface area contributed by atoms with Crippen LogP contribution in [0.3, 0.4) is 0 Å². The van der Waals surface area contributed by atoms with Crippen molar-refractivity contribution in [1.82, 2.24) is 15.7 Å². The van der Waals surface area contributed by atoms with Crippen LogP contribution in [0.4, 0.5) is 13.2 Å². The maximum atomic E-state index is 13.6. The van der Waals surface area contributed by atoms with E-state index in [0.29, 0.717) is 13.0 Å². The molecule has 36 heavy (non-hydrogen) atoms. The Morgan fingerprint density at radius 2 is 1.75 bits per heavy atom. The third kappa shape index (κ3) is 8.48. The summed E-state index contributed by atoms with van der Waals surface area (Å²) in [7, 11) is 0. The molecule has 1 aromatic rings. The number of halogens is 3. The molecule has 202 valence electrons. The van der Waals surface area contributed by atoms with E-state index in [0.717, 1.165) is 37.7 Å². The number of rotatable bonds is 12. The Morgan fingerprint density at radius 3 is 2.33 bits per heavy atom. The van der Waals surface area contributed by atoms with Gasteiger partial charge in [0.15, 0.2) is 0 Å². The molecular weight excluding hydrogens is 477 g/mol. The molecule has 2 rings (SSSR count). The highest BCUT2D eigenvalue weighted by Gasteiger charge is 2.46. The van der Waals surface area contributed by atoms with E-state index < -0.39 is 23.7 Å². The molecule has 2 amide bonds. The standard InChI is InChI=1S/C25H37F3N4O4/c1-18(29)21(33)32(20-12-7-4-8-13-20)24(2,15-9-16-31-36-23(35)25(26,27)28)22(34)30-17-14-19-10-5-3-6-11-19/h3,5-6,10-11,18,20,31H,4,7-9,12-17,29H2,1-2H3,(H,30,34)/t18-,24-/m0/s1. The number of nitrogens with one attached hydrogen (secondary N) is 2. The van der Waals surface area contributed by atoms with Gasteiger partial charge in [-0.2, -0.15) is 18.7 Å². The van der Waals surface area contributed by atoms with Crippen molar-refractivity contribution < 1.29 is 32.4 Å². The number of benzene rings is 1. The van der Waals surface area contributed by atoms with Gasteiger partial charge in [-0.1, -0.05) is 49.6 Å². The molecule has 0 heterocycles. The van der Waals surface area contributed by atoms with E-state index in [4.69, 9.17) is 5.73 Å². The topological polar surface area (TPSA) is 114 Å². The summed E-state index contributed by atoms with van der Waals surface area (Å²) >= 11 is 0. The molecule has 2 atom stereocenters. The van der Waals surface area contributed by atoms with Gasteiger partial charge in [0.2, 0.25) is 11.8 Å². The fourth-order valence-electron chi connectivity index (χ4n) is 4.56. The normalized spacial score (nSPS) is 17.1. The van der Waals surface area contributed by atoms with Gasteiger partial charge in [0.1, 0.15) is 5.54 Å². The van der Waals surface area contributed by atoms with Gasteiger partial charge in [0, 0.05) is 19.1 Å². The quantitative estimate of drug-likeness (QED) is 0.292. The van der Waals surface area contributed by atoms with E-state index in [2.05, 4.69) is 10.2 Å². The summed E-state index contributed by atoms with van der Waals surface area (Å²) in [6, 6.07) is 8.63. The number of amides is 2. The Labute approximate surface area is 210 Å². The van der Waals surface area contributed by atoms with E-state index >= 15 is 0 Å². The van der Waals surface area contributed by atoms with Crippen LogP contribution in [-0.2, 0) is 25.6 Å². The molecule has 1 aliphatic rings. The minimum Gasteiger partial charge on any atom is -0.364 e. The van der Waals surface area contributed by atoms with Crippen molar-refractivity contribution >= 4 is 17.8 Å². The predicted molar refractivity (Wildman–Crippen MR) is 128 cm³/mol. The number of nitrogens with two attached hydrogens (primary N) is 1. The van der Waals surface area contributed by atoms with E-state index in [-0.39, 0.29) is 37.2 Å². The molecule has 0 aliphatic heterocycles. The van der Waals surface area contributed by atoms with Gasteiger partial charge in [-0.3, -0.25) is 9.59 Å². The summed E-state index contributed by atoms with van der Waals surface area (Å²) in [5.74, 6) is -3.05. The largest absolute Gasteiger partial charge is 0.492 e. The highest BCUT2D eigenvalue weighted by molar-refractivity contribution is 5.93. The minimum atomic E-state index is -5.11. The van der Waals surface area contributed by atoms with Gasteiger partial charge < -0.3 is 20.8 Å². The maximum absolute atomic E-state index is 13.6. The first kappa shape index (κ1) is 29.6. The zero-order valence-corrected chi connectivity index (χ0v) is 20.9. The van der Waals surface area contributed by atoms with Crippen LogP contribution in [-0.4, -0.2) is 59.6 Å². The second-order valence-electron chi connectivity index (χ2n) is 9.44. The van der Waals surface area contributed by atoms with Gasteiger partial charge in [0.25, 0.3) is 0 Å². The van der Waals surface area contributed by atoms with Crippen LogP contribution in [0, 0.1) is 0 Å². The number of hydroxylamine groups is 1. The van der Waals surface area contributed by atoms with Gasteiger partial charge in [0.05, 0.1) is 6.04 Å². The van der Waals surface area contributed by atoms with Crippen LogP contribution in [0.1, 0.15) is 64.4 Å².